The van der Waals surface area contributed by atoms with Crippen LogP contribution in [0.2, 0.25) is 0 Å². The maximum absolute atomic E-state index is 14.2. The number of hydrogen-bond acceptors (Lipinski definition) is 6. The summed E-state index contributed by atoms with van der Waals surface area (Å²) in [6, 6.07) is 11.5. The molecule has 3 heterocycles. The van der Waals surface area contributed by atoms with Crippen molar-refractivity contribution in [1.29, 1.82) is 0 Å². The Hall–Kier alpha value is -4.05. The number of thiazole rings is 1. The van der Waals surface area contributed by atoms with Crippen molar-refractivity contribution in [3.63, 3.8) is 0 Å². The molecule has 1 saturated heterocycles. The molecule has 1 aliphatic heterocycles. The van der Waals surface area contributed by atoms with E-state index in [1.807, 2.05) is 18.2 Å². The Kier molecular flexibility index (Phi) is 5.37. The number of nitrogens with one attached hydrogen (secondary N) is 1. The van der Waals surface area contributed by atoms with Gasteiger partial charge in [0.15, 0.2) is 0 Å². The standard InChI is InChI=1S/C24H20N4O5S/c29-21(17-7-3-5-14-4-1-2-6-16(14)17)28-19(20-26-8-9-34-20)18(22(30)31)11-24(28,23(32)33)10-15-12-25-13-27-15/h1-9,12-13,18-19H,10-11H2,(H,25,27)(H,30,31)(H,32,33). The number of amides is 1. The van der Waals surface area contributed by atoms with E-state index in [2.05, 4.69) is 15.0 Å². The van der Waals surface area contributed by atoms with Gasteiger partial charge in [-0.25, -0.2) is 14.8 Å². The van der Waals surface area contributed by atoms with E-state index in [0.717, 1.165) is 5.39 Å². The highest BCUT2D eigenvalue weighted by atomic mass is 32.1. The smallest absolute Gasteiger partial charge is 0.330 e. The topological polar surface area (TPSA) is 136 Å². The molecule has 0 radical (unpaired) electrons. The molecule has 0 saturated carbocycles. The van der Waals surface area contributed by atoms with E-state index in [1.165, 1.54) is 35.0 Å². The van der Waals surface area contributed by atoms with Crippen LogP contribution in [-0.4, -0.2) is 53.4 Å². The lowest BCUT2D eigenvalue weighted by molar-refractivity contribution is -0.149. The van der Waals surface area contributed by atoms with Crippen molar-refractivity contribution in [3.8, 4) is 0 Å². The van der Waals surface area contributed by atoms with E-state index in [4.69, 9.17) is 0 Å². The second-order valence-corrected chi connectivity index (χ2v) is 9.18. The first-order valence-corrected chi connectivity index (χ1v) is 11.4. The summed E-state index contributed by atoms with van der Waals surface area (Å²) in [6.07, 6.45) is 4.04. The Morgan fingerprint density at radius 1 is 1.15 bits per heavy atom. The molecule has 3 atom stereocenters. The molecule has 0 spiro atoms. The number of carbonyl (C=O) groups excluding carboxylic acids is 1. The lowest BCUT2D eigenvalue weighted by Crippen LogP contribution is -2.55. The van der Waals surface area contributed by atoms with Gasteiger partial charge in [0.25, 0.3) is 5.91 Å². The number of hydrogen-bond donors (Lipinski definition) is 3. The molecule has 2 aromatic carbocycles. The van der Waals surface area contributed by atoms with Gasteiger partial charge in [-0.1, -0.05) is 36.4 Å². The summed E-state index contributed by atoms with van der Waals surface area (Å²) in [5, 5.41) is 24.2. The summed E-state index contributed by atoms with van der Waals surface area (Å²) in [7, 11) is 0. The first kappa shape index (κ1) is 21.8. The number of benzene rings is 2. The molecular weight excluding hydrogens is 456 g/mol. The molecule has 9 nitrogen and oxygen atoms in total. The SMILES string of the molecule is O=C(O)C1CC(Cc2cnc[nH]2)(C(=O)O)N(C(=O)c2cccc3ccccc23)C1c1nccs1. The Morgan fingerprint density at radius 2 is 1.94 bits per heavy atom. The van der Waals surface area contributed by atoms with E-state index in [-0.39, 0.29) is 12.8 Å². The summed E-state index contributed by atoms with van der Waals surface area (Å²) in [6.45, 7) is 0. The van der Waals surface area contributed by atoms with Crippen molar-refractivity contribution in [2.24, 2.45) is 5.92 Å². The molecule has 0 aliphatic carbocycles. The predicted molar refractivity (Wildman–Crippen MR) is 123 cm³/mol. The van der Waals surface area contributed by atoms with Gasteiger partial charge in [-0.3, -0.25) is 9.59 Å². The van der Waals surface area contributed by atoms with Crippen molar-refractivity contribution in [3.05, 3.63) is 82.8 Å². The molecule has 10 heteroatoms. The van der Waals surface area contributed by atoms with E-state index < -0.39 is 35.3 Å². The van der Waals surface area contributed by atoms with Gasteiger partial charge in [0.2, 0.25) is 0 Å². The third kappa shape index (κ3) is 3.43. The summed E-state index contributed by atoms with van der Waals surface area (Å²) >= 11 is 1.20. The number of carboxylic acids is 2. The van der Waals surface area contributed by atoms with Crippen molar-refractivity contribution in [2.45, 2.75) is 24.4 Å². The molecule has 2 aromatic heterocycles. The Labute approximate surface area is 197 Å². The number of H-pyrrole nitrogens is 1. The van der Waals surface area contributed by atoms with Crippen LogP contribution in [0.25, 0.3) is 10.8 Å². The number of aliphatic carboxylic acids is 2. The molecule has 1 aliphatic rings. The van der Waals surface area contributed by atoms with Crippen LogP contribution in [0.3, 0.4) is 0 Å². The Morgan fingerprint density at radius 3 is 2.62 bits per heavy atom. The summed E-state index contributed by atoms with van der Waals surface area (Å²) in [4.78, 5) is 51.9. The third-order valence-corrected chi connectivity index (χ3v) is 7.22. The number of likely N-dealkylation sites (tertiary alicyclic amines) is 1. The highest BCUT2D eigenvalue weighted by Gasteiger charge is 2.61. The maximum atomic E-state index is 14.2. The minimum Gasteiger partial charge on any atom is -0.481 e. The zero-order valence-electron chi connectivity index (χ0n) is 17.8. The zero-order valence-corrected chi connectivity index (χ0v) is 18.6. The van der Waals surface area contributed by atoms with Crippen LogP contribution in [-0.2, 0) is 16.0 Å². The van der Waals surface area contributed by atoms with Crippen molar-refractivity contribution in [1.82, 2.24) is 19.9 Å². The van der Waals surface area contributed by atoms with Crippen molar-refractivity contribution >= 4 is 40.0 Å². The molecule has 34 heavy (non-hydrogen) atoms. The lowest BCUT2D eigenvalue weighted by Gasteiger charge is -2.37. The Balaban J connectivity index is 1.74. The normalized spacial score (nSPS) is 22.2. The molecular formula is C24H20N4O5S. The quantitative estimate of drug-likeness (QED) is 0.388. The largest absolute Gasteiger partial charge is 0.481 e. The average Bonchev–Trinajstić information content (AvgIpc) is 3.59. The van der Waals surface area contributed by atoms with Crippen LogP contribution < -0.4 is 0 Å². The number of fused-ring (bicyclic) bond motifs is 1. The third-order valence-electron chi connectivity index (χ3n) is 6.37. The van der Waals surface area contributed by atoms with Gasteiger partial charge in [0, 0.05) is 35.5 Å². The Bertz CT molecular complexity index is 1370. The number of nitrogens with zero attached hydrogens (tertiary/aromatic N) is 3. The lowest BCUT2D eigenvalue weighted by atomic mass is 9.86. The van der Waals surface area contributed by atoms with Gasteiger partial charge in [0.1, 0.15) is 10.5 Å². The van der Waals surface area contributed by atoms with E-state index >= 15 is 0 Å². The predicted octanol–water partition coefficient (Wildman–Crippen LogP) is 3.37. The minimum atomic E-state index is -1.82. The average molecular weight is 477 g/mol. The van der Waals surface area contributed by atoms with Crippen LogP contribution in [0.5, 0.6) is 0 Å². The van der Waals surface area contributed by atoms with Gasteiger partial charge in [-0.05, 0) is 23.3 Å². The number of imidazole rings is 1. The highest BCUT2D eigenvalue weighted by molar-refractivity contribution is 7.09. The fraction of sp³-hybridized carbons (Fsp3) is 0.208. The van der Waals surface area contributed by atoms with Crippen molar-refractivity contribution < 1.29 is 24.6 Å². The van der Waals surface area contributed by atoms with Crippen LogP contribution >= 0.6 is 11.3 Å². The second-order valence-electron chi connectivity index (χ2n) is 8.26. The first-order chi connectivity index (χ1) is 16.4. The monoisotopic (exact) mass is 476 g/mol. The van der Waals surface area contributed by atoms with Gasteiger partial charge in [-0.2, -0.15) is 0 Å². The number of rotatable bonds is 6. The number of aromatic amines is 1. The molecule has 3 unspecified atom stereocenters. The van der Waals surface area contributed by atoms with Gasteiger partial charge in [0.05, 0.1) is 18.3 Å². The van der Waals surface area contributed by atoms with E-state index in [9.17, 15) is 24.6 Å². The van der Waals surface area contributed by atoms with E-state index in [0.29, 0.717) is 21.7 Å². The zero-order chi connectivity index (χ0) is 23.9. The molecule has 0 bridgehead atoms. The van der Waals surface area contributed by atoms with Gasteiger partial charge in [-0.15, -0.1) is 11.3 Å². The van der Waals surface area contributed by atoms with Crippen LogP contribution in [0.4, 0.5) is 0 Å². The molecule has 1 amide bonds. The summed E-state index contributed by atoms with van der Waals surface area (Å²) < 4.78 is 0. The molecule has 5 rings (SSSR count). The fourth-order valence-electron chi connectivity index (χ4n) is 4.89. The molecule has 4 aromatic rings. The number of carboxylic acid groups (broad SMARTS) is 2. The van der Waals surface area contributed by atoms with Crippen LogP contribution in [0.1, 0.15) is 33.5 Å². The van der Waals surface area contributed by atoms with Gasteiger partial charge >= 0.3 is 11.9 Å². The van der Waals surface area contributed by atoms with Gasteiger partial charge < -0.3 is 20.1 Å². The number of aromatic nitrogens is 3. The fourth-order valence-corrected chi connectivity index (χ4v) is 5.68. The number of carbonyl (C=O) groups is 3. The summed E-state index contributed by atoms with van der Waals surface area (Å²) in [5.74, 6) is -4.16. The summed E-state index contributed by atoms with van der Waals surface area (Å²) in [5.41, 5.74) is -1.03. The second kappa shape index (κ2) is 8.38. The highest BCUT2D eigenvalue weighted by Crippen LogP contribution is 2.50. The molecule has 1 fully saturated rings. The first-order valence-electron chi connectivity index (χ1n) is 10.6. The maximum Gasteiger partial charge on any atom is 0.330 e. The molecule has 3 N–H and O–H groups in total. The van der Waals surface area contributed by atoms with Crippen LogP contribution in [0.15, 0.2) is 66.6 Å². The molecule has 172 valence electrons. The van der Waals surface area contributed by atoms with Crippen LogP contribution in [0, 0.1) is 5.92 Å². The van der Waals surface area contributed by atoms with Crippen molar-refractivity contribution in [2.75, 3.05) is 0 Å². The van der Waals surface area contributed by atoms with E-state index in [1.54, 1.807) is 29.6 Å². The minimum absolute atomic E-state index is 0.121.